The monoisotopic (exact) mass is 252 g/mol. The summed E-state index contributed by atoms with van der Waals surface area (Å²) < 4.78 is 0. The number of rotatable bonds is 4. The highest BCUT2D eigenvalue weighted by Crippen LogP contribution is 2.25. The molecular formula is C15H28N2O. The molecule has 1 aliphatic heterocycles. The van der Waals surface area contributed by atoms with Crippen LogP contribution in [-0.2, 0) is 0 Å². The van der Waals surface area contributed by atoms with Gasteiger partial charge in [0.1, 0.15) is 0 Å². The van der Waals surface area contributed by atoms with Gasteiger partial charge >= 0.3 is 0 Å². The average Bonchev–Trinajstić information content (AvgIpc) is 2.33. The topological polar surface area (TPSA) is 26.7 Å². The van der Waals surface area contributed by atoms with Crippen LogP contribution in [0.2, 0.25) is 0 Å². The van der Waals surface area contributed by atoms with E-state index in [0.717, 1.165) is 39.0 Å². The normalized spacial score (nSPS) is 25.2. The zero-order valence-electron chi connectivity index (χ0n) is 12.0. The molecule has 3 nitrogen and oxygen atoms in total. The van der Waals surface area contributed by atoms with E-state index in [1.54, 1.807) is 5.57 Å². The van der Waals surface area contributed by atoms with Gasteiger partial charge in [-0.2, -0.15) is 0 Å². The molecule has 104 valence electrons. The van der Waals surface area contributed by atoms with Gasteiger partial charge in [-0.05, 0) is 52.6 Å². The molecule has 0 unspecified atom stereocenters. The Kier molecular flexibility index (Phi) is 4.82. The number of hydrogen-bond acceptors (Lipinski definition) is 3. The summed E-state index contributed by atoms with van der Waals surface area (Å²) in [6.45, 7) is 4.02. The molecular weight excluding hydrogens is 224 g/mol. The van der Waals surface area contributed by atoms with Crippen molar-refractivity contribution in [1.29, 1.82) is 0 Å². The highest BCUT2D eigenvalue weighted by molar-refractivity contribution is 5.07. The molecule has 0 bridgehead atoms. The molecule has 1 heterocycles. The van der Waals surface area contributed by atoms with Crippen molar-refractivity contribution in [2.24, 2.45) is 0 Å². The minimum absolute atomic E-state index is 0.457. The van der Waals surface area contributed by atoms with Crippen LogP contribution in [0.15, 0.2) is 11.6 Å². The maximum atomic E-state index is 10.5. The third-order valence-corrected chi connectivity index (χ3v) is 4.21. The van der Waals surface area contributed by atoms with E-state index in [2.05, 4.69) is 15.9 Å². The first-order valence-electron chi connectivity index (χ1n) is 7.35. The Bertz CT molecular complexity index is 291. The molecule has 0 radical (unpaired) electrons. The van der Waals surface area contributed by atoms with Gasteiger partial charge in [0.15, 0.2) is 0 Å². The number of hydrogen-bond donors (Lipinski definition) is 1. The van der Waals surface area contributed by atoms with Crippen LogP contribution in [0.25, 0.3) is 0 Å². The van der Waals surface area contributed by atoms with Crippen LogP contribution in [0, 0.1) is 0 Å². The molecule has 2 rings (SSSR count). The predicted molar refractivity (Wildman–Crippen MR) is 75.7 cm³/mol. The Balaban J connectivity index is 1.77. The van der Waals surface area contributed by atoms with Gasteiger partial charge in [0, 0.05) is 26.2 Å². The number of piperidine rings is 1. The summed E-state index contributed by atoms with van der Waals surface area (Å²) in [6.07, 6.45) is 9.56. The number of allylic oxidation sites excluding steroid dienone is 1. The molecule has 0 aromatic carbocycles. The van der Waals surface area contributed by atoms with Gasteiger partial charge in [0.05, 0.1) is 5.60 Å². The van der Waals surface area contributed by atoms with Crippen molar-refractivity contribution in [2.75, 3.05) is 40.3 Å². The van der Waals surface area contributed by atoms with E-state index in [4.69, 9.17) is 0 Å². The summed E-state index contributed by atoms with van der Waals surface area (Å²) in [6, 6.07) is 0. The first-order valence-corrected chi connectivity index (χ1v) is 7.35. The second-order valence-electron chi connectivity index (χ2n) is 6.35. The van der Waals surface area contributed by atoms with Crippen molar-refractivity contribution >= 4 is 0 Å². The Hall–Kier alpha value is -0.380. The van der Waals surface area contributed by atoms with E-state index in [1.807, 2.05) is 14.1 Å². The average molecular weight is 252 g/mol. The van der Waals surface area contributed by atoms with Crippen LogP contribution in [0.3, 0.4) is 0 Å². The molecule has 1 fully saturated rings. The standard InChI is InChI=1S/C15H28N2O/c1-16(2)13-15(18)8-10-17(11-9-15)12-14-6-4-3-5-7-14/h6,18H,3-5,7-13H2,1-2H3. The van der Waals surface area contributed by atoms with E-state index >= 15 is 0 Å². The minimum atomic E-state index is -0.457. The van der Waals surface area contributed by atoms with Gasteiger partial charge in [-0.15, -0.1) is 0 Å². The maximum absolute atomic E-state index is 10.5. The summed E-state index contributed by atoms with van der Waals surface area (Å²) in [4.78, 5) is 4.61. The smallest absolute Gasteiger partial charge is 0.0798 e. The third kappa shape index (κ3) is 4.08. The van der Waals surface area contributed by atoms with Crippen molar-refractivity contribution in [3.8, 4) is 0 Å². The molecule has 0 saturated carbocycles. The molecule has 1 saturated heterocycles. The molecule has 1 N–H and O–H groups in total. The highest BCUT2D eigenvalue weighted by Gasteiger charge is 2.32. The van der Waals surface area contributed by atoms with Gasteiger partial charge in [0.2, 0.25) is 0 Å². The van der Waals surface area contributed by atoms with Crippen molar-refractivity contribution in [3.63, 3.8) is 0 Å². The van der Waals surface area contributed by atoms with Gasteiger partial charge in [-0.1, -0.05) is 11.6 Å². The second-order valence-corrected chi connectivity index (χ2v) is 6.35. The number of likely N-dealkylation sites (N-methyl/N-ethyl adjacent to an activating group) is 1. The first kappa shape index (κ1) is 14.0. The van der Waals surface area contributed by atoms with E-state index in [9.17, 15) is 5.11 Å². The summed E-state index contributed by atoms with van der Waals surface area (Å²) in [5.74, 6) is 0. The van der Waals surface area contributed by atoms with Crippen molar-refractivity contribution < 1.29 is 5.11 Å². The Labute approximate surface area is 111 Å². The lowest BCUT2D eigenvalue weighted by Crippen LogP contribution is -2.49. The van der Waals surface area contributed by atoms with E-state index < -0.39 is 5.60 Å². The molecule has 0 amide bonds. The van der Waals surface area contributed by atoms with Crippen molar-refractivity contribution in [3.05, 3.63) is 11.6 Å². The molecule has 3 heteroatoms. The maximum Gasteiger partial charge on any atom is 0.0798 e. The zero-order chi connectivity index (χ0) is 13.0. The summed E-state index contributed by atoms with van der Waals surface area (Å²) in [5.41, 5.74) is 1.17. The third-order valence-electron chi connectivity index (χ3n) is 4.21. The fourth-order valence-electron chi connectivity index (χ4n) is 3.21. The van der Waals surface area contributed by atoms with E-state index in [0.29, 0.717) is 0 Å². The number of nitrogens with zero attached hydrogens (tertiary/aromatic N) is 2. The molecule has 1 aliphatic carbocycles. The molecule has 2 aliphatic rings. The van der Waals surface area contributed by atoms with Crippen molar-refractivity contribution in [2.45, 2.75) is 44.1 Å². The van der Waals surface area contributed by atoms with Crippen LogP contribution < -0.4 is 0 Å². The Morgan fingerprint density at radius 2 is 2.00 bits per heavy atom. The SMILES string of the molecule is CN(C)CC1(O)CCN(CC2=CCCCC2)CC1. The van der Waals surface area contributed by atoms with E-state index in [1.165, 1.54) is 25.7 Å². The number of aliphatic hydroxyl groups is 1. The lowest BCUT2D eigenvalue weighted by molar-refractivity contribution is -0.0357. The van der Waals surface area contributed by atoms with Gasteiger partial charge in [-0.25, -0.2) is 0 Å². The zero-order valence-corrected chi connectivity index (χ0v) is 12.0. The fourth-order valence-corrected chi connectivity index (χ4v) is 3.21. The van der Waals surface area contributed by atoms with Crippen LogP contribution in [0.1, 0.15) is 38.5 Å². The van der Waals surface area contributed by atoms with E-state index in [-0.39, 0.29) is 0 Å². The summed E-state index contributed by atoms with van der Waals surface area (Å²) in [7, 11) is 4.08. The lowest BCUT2D eigenvalue weighted by Gasteiger charge is -2.40. The highest BCUT2D eigenvalue weighted by atomic mass is 16.3. The molecule has 0 aromatic heterocycles. The lowest BCUT2D eigenvalue weighted by atomic mass is 9.90. The fraction of sp³-hybridized carbons (Fsp3) is 0.867. The predicted octanol–water partition coefficient (Wildman–Crippen LogP) is 1.88. The molecule has 0 aromatic rings. The summed E-state index contributed by atoms with van der Waals surface area (Å²) in [5, 5.41) is 10.5. The van der Waals surface area contributed by atoms with Crippen molar-refractivity contribution in [1.82, 2.24) is 9.80 Å². The largest absolute Gasteiger partial charge is 0.388 e. The first-order chi connectivity index (χ1) is 8.57. The Morgan fingerprint density at radius 1 is 1.28 bits per heavy atom. The van der Waals surface area contributed by atoms with Crippen LogP contribution in [-0.4, -0.2) is 60.8 Å². The molecule has 0 spiro atoms. The Morgan fingerprint density at radius 3 is 2.56 bits per heavy atom. The molecule has 18 heavy (non-hydrogen) atoms. The van der Waals surface area contributed by atoms with Crippen LogP contribution in [0.4, 0.5) is 0 Å². The summed E-state index contributed by atoms with van der Waals surface area (Å²) >= 11 is 0. The van der Waals surface area contributed by atoms with Gasteiger partial charge < -0.3 is 10.0 Å². The van der Waals surface area contributed by atoms with Crippen LogP contribution >= 0.6 is 0 Å². The quantitative estimate of drug-likeness (QED) is 0.774. The second kappa shape index (κ2) is 6.18. The van der Waals surface area contributed by atoms with Gasteiger partial charge in [-0.3, -0.25) is 4.90 Å². The van der Waals surface area contributed by atoms with Gasteiger partial charge in [0.25, 0.3) is 0 Å². The molecule has 0 atom stereocenters. The number of likely N-dealkylation sites (tertiary alicyclic amines) is 1. The van der Waals surface area contributed by atoms with Crippen LogP contribution in [0.5, 0.6) is 0 Å². The minimum Gasteiger partial charge on any atom is -0.388 e.